The van der Waals surface area contributed by atoms with Gasteiger partial charge < -0.3 is 5.11 Å². The Morgan fingerprint density at radius 2 is 2.00 bits per heavy atom. The Labute approximate surface area is 107 Å². The number of rotatable bonds is 3. The van der Waals surface area contributed by atoms with Crippen molar-refractivity contribution in [3.8, 4) is 5.69 Å². The summed E-state index contributed by atoms with van der Waals surface area (Å²) in [5.41, 5.74) is 2.31. The molecule has 0 aliphatic heterocycles. The highest BCUT2D eigenvalue weighted by atomic mass is 16.3. The molecule has 3 rings (SSSR count). The first-order chi connectivity index (χ1) is 8.61. The molecule has 0 bridgehead atoms. The predicted octanol–water partition coefficient (Wildman–Crippen LogP) is 2.53. The van der Waals surface area contributed by atoms with Crippen LogP contribution < -0.4 is 0 Å². The van der Waals surface area contributed by atoms with Crippen LogP contribution in [0.15, 0.2) is 42.7 Å². The average molecular weight is 242 g/mol. The van der Waals surface area contributed by atoms with Crippen LogP contribution in [-0.2, 0) is 5.41 Å². The second-order valence-electron chi connectivity index (χ2n) is 5.77. The first kappa shape index (κ1) is 11.5. The second kappa shape index (κ2) is 3.69. The van der Waals surface area contributed by atoms with Crippen LogP contribution in [0.2, 0.25) is 0 Å². The van der Waals surface area contributed by atoms with Gasteiger partial charge in [0, 0.05) is 17.8 Å². The number of hydrogen-bond acceptors (Lipinski definition) is 2. The van der Waals surface area contributed by atoms with Crippen LogP contribution in [0.25, 0.3) is 5.69 Å². The van der Waals surface area contributed by atoms with Gasteiger partial charge in [-0.2, -0.15) is 5.10 Å². The van der Waals surface area contributed by atoms with E-state index in [0.29, 0.717) is 0 Å². The van der Waals surface area contributed by atoms with Gasteiger partial charge in [-0.25, -0.2) is 4.68 Å². The number of aromatic nitrogens is 2. The Bertz CT molecular complexity index is 560. The molecule has 1 N–H and O–H groups in total. The number of hydrogen-bond donors (Lipinski definition) is 1. The normalized spacial score (nSPS) is 25.1. The number of benzene rings is 1. The Balaban J connectivity index is 2.14. The zero-order valence-corrected chi connectivity index (χ0v) is 10.8. The maximum absolute atomic E-state index is 9.84. The van der Waals surface area contributed by atoms with E-state index >= 15 is 0 Å². The van der Waals surface area contributed by atoms with Crippen LogP contribution in [0.5, 0.6) is 0 Å². The molecule has 1 aliphatic carbocycles. The van der Waals surface area contributed by atoms with E-state index < -0.39 is 0 Å². The van der Waals surface area contributed by atoms with E-state index in [1.54, 1.807) is 6.20 Å². The van der Waals surface area contributed by atoms with E-state index in [0.717, 1.165) is 12.1 Å². The van der Waals surface area contributed by atoms with Gasteiger partial charge in [0.05, 0.1) is 12.3 Å². The number of aliphatic hydroxyl groups excluding tert-OH is 1. The Morgan fingerprint density at radius 1 is 1.28 bits per heavy atom. The molecular weight excluding hydrogens is 224 g/mol. The van der Waals surface area contributed by atoms with Crippen LogP contribution in [0, 0.1) is 5.41 Å². The fourth-order valence-corrected chi connectivity index (χ4v) is 3.01. The van der Waals surface area contributed by atoms with Crippen molar-refractivity contribution in [2.24, 2.45) is 5.41 Å². The number of para-hydroxylation sites is 1. The first-order valence-corrected chi connectivity index (χ1v) is 6.31. The third kappa shape index (κ3) is 1.44. The van der Waals surface area contributed by atoms with Crippen LogP contribution in [-0.4, -0.2) is 21.5 Å². The number of aliphatic hydroxyl groups is 1. The molecule has 1 saturated carbocycles. The summed E-state index contributed by atoms with van der Waals surface area (Å²) in [6.45, 7) is 4.62. The smallest absolute Gasteiger partial charge is 0.0684 e. The number of nitrogens with zero attached hydrogens (tertiary/aromatic N) is 2. The molecule has 0 saturated heterocycles. The van der Waals surface area contributed by atoms with Crippen molar-refractivity contribution in [3.63, 3.8) is 0 Å². The van der Waals surface area contributed by atoms with Gasteiger partial charge in [-0.05, 0) is 29.5 Å². The molecule has 1 unspecified atom stereocenters. The topological polar surface area (TPSA) is 38.0 Å². The Kier molecular flexibility index (Phi) is 2.35. The monoisotopic (exact) mass is 242 g/mol. The predicted molar refractivity (Wildman–Crippen MR) is 70.7 cm³/mol. The highest BCUT2D eigenvalue weighted by molar-refractivity contribution is 5.50. The lowest BCUT2D eigenvalue weighted by atomic mass is 9.87. The van der Waals surface area contributed by atoms with E-state index in [9.17, 15) is 5.11 Å². The minimum absolute atomic E-state index is 0.116. The fraction of sp³-hybridized carbons (Fsp3) is 0.400. The maximum Gasteiger partial charge on any atom is 0.0684 e. The molecule has 2 aromatic rings. The molecule has 0 amide bonds. The quantitative estimate of drug-likeness (QED) is 0.898. The molecule has 1 fully saturated rings. The average Bonchev–Trinajstić information content (AvgIpc) is 2.78. The van der Waals surface area contributed by atoms with Crippen molar-refractivity contribution < 1.29 is 5.11 Å². The summed E-state index contributed by atoms with van der Waals surface area (Å²) in [7, 11) is 0. The van der Waals surface area contributed by atoms with E-state index in [1.165, 1.54) is 5.56 Å². The largest absolute Gasteiger partial charge is 0.395 e. The zero-order chi connectivity index (χ0) is 12.8. The third-order valence-electron chi connectivity index (χ3n) is 4.35. The molecule has 1 aromatic carbocycles. The minimum atomic E-state index is -0.116. The van der Waals surface area contributed by atoms with Crippen molar-refractivity contribution in [3.05, 3.63) is 48.3 Å². The standard InChI is InChI=1S/C15H18N2O/c1-14(2)10-15(14,11-18)12-6-3-4-7-13(12)17-9-5-8-16-17/h3-9,18H,10-11H2,1-2H3. The van der Waals surface area contributed by atoms with Gasteiger partial charge in [0.1, 0.15) is 0 Å². The molecule has 1 aliphatic rings. The molecule has 18 heavy (non-hydrogen) atoms. The molecule has 0 radical (unpaired) electrons. The summed E-state index contributed by atoms with van der Waals surface area (Å²) >= 11 is 0. The van der Waals surface area contributed by atoms with Gasteiger partial charge in [0.25, 0.3) is 0 Å². The van der Waals surface area contributed by atoms with Gasteiger partial charge in [-0.15, -0.1) is 0 Å². The fourth-order valence-electron chi connectivity index (χ4n) is 3.01. The highest BCUT2D eigenvalue weighted by Gasteiger charge is 2.62. The minimum Gasteiger partial charge on any atom is -0.395 e. The van der Waals surface area contributed by atoms with Crippen LogP contribution in [0.3, 0.4) is 0 Å². The van der Waals surface area contributed by atoms with Crippen molar-refractivity contribution in [2.75, 3.05) is 6.61 Å². The van der Waals surface area contributed by atoms with E-state index in [-0.39, 0.29) is 17.4 Å². The van der Waals surface area contributed by atoms with Crippen LogP contribution in [0.4, 0.5) is 0 Å². The van der Waals surface area contributed by atoms with E-state index in [1.807, 2.05) is 29.1 Å². The first-order valence-electron chi connectivity index (χ1n) is 6.31. The summed E-state index contributed by atoms with van der Waals surface area (Å²) in [5.74, 6) is 0. The SMILES string of the molecule is CC1(C)CC1(CO)c1ccccc1-n1cccn1. The van der Waals surface area contributed by atoms with Crippen molar-refractivity contribution >= 4 is 0 Å². The maximum atomic E-state index is 9.84. The summed E-state index contributed by atoms with van der Waals surface area (Å²) in [6, 6.07) is 10.1. The van der Waals surface area contributed by atoms with Crippen molar-refractivity contribution in [1.82, 2.24) is 9.78 Å². The highest BCUT2D eigenvalue weighted by Crippen LogP contribution is 2.64. The molecule has 94 valence electrons. The van der Waals surface area contributed by atoms with Gasteiger partial charge in [-0.3, -0.25) is 0 Å². The second-order valence-corrected chi connectivity index (χ2v) is 5.77. The molecule has 1 atom stereocenters. The summed E-state index contributed by atoms with van der Waals surface area (Å²) in [4.78, 5) is 0. The molecule has 3 nitrogen and oxygen atoms in total. The zero-order valence-electron chi connectivity index (χ0n) is 10.8. The van der Waals surface area contributed by atoms with Gasteiger partial charge in [0.15, 0.2) is 0 Å². The molecule has 1 aromatic heterocycles. The molecule has 3 heteroatoms. The molecular formula is C15H18N2O. The molecule has 0 spiro atoms. The third-order valence-corrected chi connectivity index (χ3v) is 4.35. The summed E-state index contributed by atoms with van der Waals surface area (Å²) in [6.07, 6.45) is 4.74. The van der Waals surface area contributed by atoms with Crippen molar-refractivity contribution in [1.29, 1.82) is 0 Å². The lowest BCUT2D eigenvalue weighted by Crippen LogP contribution is -2.21. The lowest BCUT2D eigenvalue weighted by Gasteiger charge is -2.21. The van der Waals surface area contributed by atoms with Crippen molar-refractivity contribution in [2.45, 2.75) is 25.7 Å². The molecule has 1 heterocycles. The van der Waals surface area contributed by atoms with Gasteiger partial charge in [-0.1, -0.05) is 32.0 Å². The van der Waals surface area contributed by atoms with Gasteiger partial charge in [0.2, 0.25) is 0 Å². The van der Waals surface area contributed by atoms with Crippen LogP contribution >= 0.6 is 0 Å². The van der Waals surface area contributed by atoms with Crippen LogP contribution in [0.1, 0.15) is 25.8 Å². The summed E-state index contributed by atoms with van der Waals surface area (Å²) < 4.78 is 1.88. The van der Waals surface area contributed by atoms with E-state index in [2.05, 4.69) is 31.1 Å². The Morgan fingerprint density at radius 3 is 2.56 bits per heavy atom. The summed E-state index contributed by atoms with van der Waals surface area (Å²) in [5, 5.41) is 14.1. The Hall–Kier alpha value is -1.61. The van der Waals surface area contributed by atoms with E-state index in [4.69, 9.17) is 0 Å². The van der Waals surface area contributed by atoms with Gasteiger partial charge >= 0.3 is 0 Å². The lowest BCUT2D eigenvalue weighted by molar-refractivity contribution is 0.231.